The second-order valence-electron chi connectivity index (χ2n) is 4.28. The van der Waals surface area contributed by atoms with Crippen molar-refractivity contribution in [3.63, 3.8) is 0 Å². The lowest BCUT2D eigenvalue weighted by atomic mass is 9.89. The van der Waals surface area contributed by atoms with Crippen molar-refractivity contribution in [1.29, 1.82) is 0 Å². The van der Waals surface area contributed by atoms with Crippen molar-refractivity contribution in [3.05, 3.63) is 24.8 Å². The Bertz CT molecular complexity index is 317. The molecule has 1 saturated carbocycles. The summed E-state index contributed by atoms with van der Waals surface area (Å²) >= 11 is 0. The van der Waals surface area contributed by atoms with E-state index < -0.39 is 0 Å². The summed E-state index contributed by atoms with van der Waals surface area (Å²) in [7, 11) is 0. The second kappa shape index (κ2) is 7.05. The van der Waals surface area contributed by atoms with Gasteiger partial charge >= 0.3 is 5.97 Å². The number of hydrogen-bond donors (Lipinski definition) is 0. The van der Waals surface area contributed by atoms with Crippen molar-refractivity contribution in [2.75, 3.05) is 6.61 Å². The summed E-state index contributed by atoms with van der Waals surface area (Å²) < 4.78 is 4.93. The molecule has 0 saturated heterocycles. The fourth-order valence-electron chi connectivity index (χ4n) is 2.30. The van der Waals surface area contributed by atoms with Gasteiger partial charge in [0.15, 0.2) is 0 Å². The normalized spacial score (nSPS) is 24.2. The molecule has 1 aliphatic rings. The van der Waals surface area contributed by atoms with Gasteiger partial charge in [-0.15, -0.1) is 0 Å². The molecule has 0 aromatic carbocycles. The zero-order valence-corrected chi connectivity index (χ0v) is 10.4. The molecule has 0 radical (unpaired) electrons. The Morgan fingerprint density at radius 1 is 1.59 bits per heavy atom. The highest BCUT2D eigenvalue weighted by Gasteiger charge is 2.35. The van der Waals surface area contributed by atoms with Crippen LogP contribution in [0, 0.1) is 11.8 Å². The van der Waals surface area contributed by atoms with Gasteiger partial charge in [0.1, 0.15) is 5.78 Å². The first-order chi connectivity index (χ1) is 8.19. The maximum absolute atomic E-state index is 11.7. The van der Waals surface area contributed by atoms with Crippen molar-refractivity contribution in [1.82, 2.24) is 0 Å². The van der Waals surface area contributed by atoms with Crippen LogP contribution in [0.1, 0.15) is 32.6 Å². The van der Waals surface area contributed by atoms with E-state index in [2.05, 4.69) is 6.58 Å². The minimum atomic E-state index is -0.190. The highest BCUT2D eigenvalue weighted by molar-refractivity contribution is 5.84. The van der Waals surface area contributed by atoms with Gasteiger partial charge in [-0.25, -0.2) is 0 Å². The predicted octanol–water partition coefficient (Wildman–Crippen LogP) is 2.67. The van der Waals surface area contributed by atoms with Crippen LogP contribution in [-0.4, -0.2) is 18.4 Å². The summed E-state index contributed by atoms with van der Waals surface area (Å²) in [6.07, 6.45) is 7.95. The van der Waals surface area contributed by atoms with Gasteiger partial charge in [-0.1, -0.05) is 24.8 Å². The van der Waals surface area contributed by atoms with Gasteiger partial charge in [0.25, 0.3) is 0 Å². The Balaban J connectivity index is 2.52. The quantitative estimate of drug-likeness (QED) is 0.526. The van der Waals surface area contributed by atoms with Crippen LogP contribution in [0.2, 0.25) is 0 Å². The summed E-state index contributed by atoms with van der Waals surface area (Å²) in [6, 6.07) is 0. The van der Waals surface area contributed by atoms with Crippen LogP contribution >= 0.6 is 0 Å². The molecule has 3 heteroatoms. The van der Waals surface area contributed by atoms with Crippen molar-refractivity contribution < 1.29 is 14.3 Å². The molecule has 0 spiro atoms. The molecule has 0 heterocycles. The van der Waals surface area contributed by atoms with E-state index in [9.17, 15) is 9.59 Å². The SMILES string of the molecule is C=CC=CCC1C(=O)CCC1CC(=O)OCC. The van der Waals surface area contributed by atoms with Gasteiger partial charge in [-0.3, -0.25) is 9.59 Å². The van der Waals surface area contributed by atoms with E-state index in [1.807, 2.05) is 12.2 Å². The first-order valence-corrected chi connectivity index (χ1v) is 6.15. The van der Waals surface area contributed by atoms with Crippen LogP contribution in [-0.2, 0) is 14.3 Å². The van der Waals surface area contributed by atoms with Crippen LogP contribution < -0.4 is 0 Å². The molecular weight excluding hydrogens is 216 g/mol. The smallest absolute Gasteiger partial charge is 0.306 e. The molecule has 0 aromatic rings. The molecule has 0 bridgehead atoms. The number of Topliss-reactive ketones (excluding diaryl/α,β-unsaturated/α-hetero) is 1. The Morgan fingerprint density at radius 2 is 2.35 bits per heavy atom. The third-order valence-corrected chi connectivity index (χ3v) is 3.14. The Hall–Kier alpha value is -1.38. The highest BCUT2D eigenvalue weighted by atomic mass is 16.5. The number of allylic oxidation sites excluding steroid dienone is 3. The van der Waals surface area contributed by atoms with Gasteiger partial charge in [0, 0.05) is 18.8 Å². The fourth-order valence-corrected chi connectivity index (χ4v) is 2.30. The topological polar surface area (TPSA) is 43.4 Å². The van der Waals surface area contributed by atoms with E-state index in [4.69, 9.17) is 4.74 Å². The minimum Gasteiger partial charge on any atom is -0.466 e. The largest absolute Gasteiger partial charge is 0.466 e. The summed E-state index contributed by atoms with van der Waals surface area (Å²) in [4.78, 5) is 23.1. The average Bonchev–Trinajstić information content (AvgIpc) is 2.62. The summed E-state index contributed by atoms with van der Waals surface area (Å²) in [6.45, 7) is 5.79. The van der Waals surface area contributed by atoms with E-state index in [1.54, 1.807) is 13.0 Å². The van der Waals surface area contributed by atoms with Gasteiger partial charge < -0.3 is 4.74 Å². The lowest BCUT2D eigenvalue weighted by molar-refractivity contribution is -0.144. The van der Waals surface area contributed by atoms with Crippen LogP contribution in [0.3, 0.4) is 0 Å². The molecule has 2 atom stereocenters. The number of ketones is 1. The molecule has 0 aliphatic heterocycles. The maximum Gasteiger partial charge on any atom is 0.306 e. The van der Waals surface area contributed by atoms with Crippen LogP contribution in [0.15, 0.2) is 24.8 Å². The third kappa shape index (κ3) is 4.17. The van der Waals surface area contributed by atoms with Crippen molar-refractivity contribution >= 4 is 11.8 Å². The van der Waals surface area contributed by atoms with Gasteiger partial charge in [-0.05, 0) is 25.7 Å². The van der Waals surface area contributed by atoms with Crippen LogP contribution in [0.4, 0.5) is 0 Å². The lowest BCUT2D eigenvalue weighted by Crippen LogP contribution is -2.18. The van der Waals surface area contributed by atoms with Gasteiger partial charge in [-0.2, -0.15) is 0 Å². The van der Waals surface area contributed by atoms with E-state index in [0.717, 1.165) is 6.42 Å². The molecule has 1 rings (SSSR count). The molecule has 17 heavy (non-hydrogen) atoms. The van der Waals surface area contributed by atoms with E-state index in [0.29, 0.717) is 25.9 Å². The standard InChI is InChI=1S/C14H20O3/c1-3-5-6-7-12-11(8-9-13(12)15)10-14(16)17-4-2/h3,5-6,11-12H,1,4,7-10H2,2H3. The second-order valence-corrected chi connectivity index (χ2v) is 4.28. The van der Waals surface area contributed by atoms with E-state index >= 15 is 0 Å². The molecule has 2 unspecified atom stereocenters. The molecule has 0 N–H and O–H groups in total. The zero-order valence-electron chi connectivity index (χ0n) is 10.4. The van der Waals surface area contributed by atoms with Crippen molar-refractivity contribution in [3.8, 4) is 0 Å². The molecule has 1 aliphatic carbocycles. The molecule has 1 fully saturated rings. The summed E-state index contributed by atoms with van der Waals surface area (Å²) in [5.41, 5.74) is 0. The van der Waals surface area contributed by atoms with E-state index in [1.165, 1.54) is 0 Å². The number of rotatable bonds is 6. The Labute approximate surface area is 103 Å². The Kier molecular flexibility index (Phi) is 5.67. The lowest BCUT2D eigenvalue weighted by Gasteiger charge is -2.15. The summed E-state index contributed by atoms with van der Waals surface area (Å²) in [5.74, 6) is 0.213. The number of esters is 1. The third-order valence-electron chi connectivity index (χ3n) is 3.14. The average molecular weight is 236 g/mol. The minimum absolute atomic E-state index is 0.0180. The number of carbonyl (C=O) groups excluding carboxylic acids is 2. The molecule has 3 nitrogen and oxygen atoms in total. The molecule has 0 aromatic heterocycles. The predicted molar refractivity (Wildman–Crippen MR) is 66.4 cm³/mol. The first kappa shape index (κ1) is 13.7. The molecular formula is C14H20O3. The monoisotopic (exact) mass is 236 g/mol. The highest BCUT2D eigenvalue weighted by Crippen LogP contribution is 2.34. The van der Waals surface area contributed by atoms with Crippen LogP contribution in [0.5, 0.6) is 0 Å². The maximum atomic E-state index is 11.7. The van der Waals surface area contributed by atoms with Gasteiger partial charge in [0.2, 0.25) is 0 Å². The van der Waals surface area contributed by atoms with Gasteiger partial charge in [0.05, 0.1) is 6.61 Å². The van der Waals surface area contributed by atoms with E-state index in [-0.39, 0.29) is 23.6 Å². The molecule has 0 amide bonds. The number of hydrogen-bond acceptors (Lipinski definition) is 3. The summed E-state index contributed by atoms with van der Waals surface area (Å²) in [5, 5.41) is 0. The molecule has 94 valence electrons. The van der Waals surface area contributed by atoms with Crippen LogP contribution in [0.25, 0.3) is 0 Å². The van der Waals surface area contributed by atoms with Crippen molar-refractivity contribution in [2.45, 2.75) is 32.6 Å². The zero-order chi connectivity index (χ0) is 12.7. The first-order valence-electron chi connectivity index (χ1n) is 6.15. The number of ether oxygens (including phenoxy) is 1. The van der Waals surface area contributed by atoms with Crippen molar-refractivity contribution in [2.24, 2.45) is 11.8 Å². The fraction of sp³-hybridized carbons (Fsp3) is 0.571. The number of carbonyl (C=O) groups is 2. The Morgan fingerprint density at radius 3 is 3.00 bits per heavy atom.